The minimum atomic E-state index is 0.277. The molecule has 0 radical (unpaired) electrons. The average Bonchev–Trinajstić information content (AvgIpc) is 2.84. The molecule has 0 atom stereocenters. The molecule has 1 aromatic carbocycles. The van der Waals surface area contributed by atoms with Crippen molar-refractivity contribution in [3.63, 3.8) is 0 Å². The van der Waals surface area contributed by atoms with Crippen LogP contribution >= 0.6 is 11.6 Å². The molecule has 1 aliphatic rings. The lowest BCUT2D eigenvalue weighted by atomic mass is 10.2. The number of aromatic nitrogens is 1. The van der Waals surface area contributed by atoms with E-state index in [9.17, 15) is 0 Å². The van der Waals surface area contributed by atoms with E-state index in [4.69, 9.17) is 25.8 Å². The molecule has 0 fully saturated rings. The van der Waals surface area contributed by atoms with Crippen LogP contribution < -0.4 is 14.2 Å². The molecular formula is C13H10ClNO3. The van der Waals surface area contributed by atoms with Crippen LogP contribution in [-0.4, -0.2) is 11.8 Å². The summed E-state index contributed by atoms with van der Waals surface area (Å²) in [6.07, 6.45) is 1.61. The summed E-state index contributed by atoms with van der Waals surface area (Å²) >= 11 is 5.78. The molecule has 4 nitrogen and oxygen atoms in total. The summed E-state index contributed by atoms with van der Waals surface area (Å²) in [5, 5.41) is 0.415. The molecular weight excluding hydrogens is 254 g/mol. The zero-order valence-electron chi connectivity index (χ0n) is 9.43. The number of ether oxygens (including phenoxy) is 3. The monoisotopic (exact) mass is 263 g/mol. The number of nitrogens with zero attached hydrogens (tertiary/aromatic N) is 1. The predicted octanol–water partition coefficient (Wildman–Crippen LogP) is 3.04. The van der Waals surface area contributed by atoms with Gasteiger partial charge in [-0.25, -0.2) is 4.98 Å². The SMILES string of the molecule is Clc1cc(OCc2ccc3c(c2)OCO3)ccn1. The Morgan fingerprint density at radius 3 is 2.94 bits per heavy atom. The van der Waals surface area contributed by atoms with Crippen LogP contribution in [0.4, 0.5) is 0 Å². The van der Waals surface area contributed by atoms with E-state index in [2.05, 4.69) is 4.98 Å². The van der Waals surface area contributed by atoms with Gasteiger partial charge in [0.2, 0.25) is 6.79 Å². The van der Waals surface area contributed by atoms with Crippen molar-refractivity contribution >= 4 is 11.6 Å². The van der Waals surface area contributed by atoms with Gasteiger partial charge in [0.25, 0.3) is 0 Å². The Hall–Kier alpha value is -1.94. The normalized spacial score (nSPS) is 12.5. The van der Waals surface area contributed by atoms with Crippen LogP contribution in [0.2, 0.25) is 5.15 Å². The van der Waals surface area contributed by atoms with Gasteiger partial charge in [0.05, 0.1) is 0 Å². The van der Waals surface area contributed by atoms with Gasteiger partial charge in [-0.2, -0.15) is 0 Å². The Bertz CT molecular complexity index is 574. The first-order valence-corrected chi connectivity index (χ1v) is 5.82. The fraction of sp³-hybridized carbons (Fsp3) is 0.154. The summed E-state index contributed by atoms with van der Waals surface area (Å²) in [4.78, 5) is 3.89. The minimum absolute atomic E-state index is 0.277. The second kappa shape index (κ2) is 4.74. The molecule has 1 aliphatic heterocycles. The molecule has 3 rings (SSSR count). The maximum Gasteiger partial charge on any atom is 0.231 e. The van der Waals surface area contributed by atoms with Gasteiger partial charge < -0.3 is 14.2 Å². The van der Waals surface area contributed by atoms with E-state index in [0.29, 0.717) is 17.5 Å². The molecule has 1 aromatic heterocycles. The Kier molecular flexibility index (Phi) is 2.94. The van der Waals surface area contributed by atoms with Crippen molar-refractivity contribution in [2.24, 2.45) is 0 Å². The fourth-order valence-electron chi connectivity index (χ4n) is 1.67. The number of benzene rings is 1. The Morgan fingerprint density at radius 1 is 1.17 bits per heavy atom. The molecule has 0 unspecified atom stereocenters. The highest BCUT2D eigenvalue weighted by atomic mass is 35.5. The standard InChI is InChI=1S/C13H10ClNO3/c14-13-6-10(3-4-15-13)16-7-9-1-2-11-12(5-9)18-8-17-11/h1-6H,7-8H2. The summed E-state index contributed by atoms with van der Waals surface area (Å²) in [7, 11) is 0. The summed E-state index contributed by atoms with van der Waals surface area (Å²) in [5.41, 5.74) is 1.01. The van der Waals surface area contributed by atoms with Crippen molar-refractivity contribution in [2.75, 3.05) is 6.79 Å². The number of pyridine rings is 1. The smallest absolute Gasteiger partial charge is 0.231 e. The molecule has 18 heavy (non-hydrogen) atoms. The summed E-state index contributed by atoms with van der Waals surface area (Å²) in [6, 6.07) is 9.16. The first-order valence-electron chi connectivity index (χ1n) is 5.44. The Morgan fingerprint density at radius 2 is 2.06 bits per heavy atom. The Balaban J connectivity index is 1.70. The lowest BCUT2D eigenvalue weighted by Crippen LogP contribution is -1.95. The summed E-state index contributed by atoms with van der Waals surface area (Å²) < 4.78 is 16.2. The highest BCUT2D eigenvalue weighted by Crippen LogP contribution is 2.32. The number of hydrogen-bond donors (Lipinski definition) is 0. The average molecular weight is 264 g/mol. The first-order chi connectivity index (χ1) is 8.81. The van der Waals surface area contributed by atoms with E-state index in [-0.39, 0.29) is 6.79 Å². The van der Waals surface area contributed by atoms with Gasteiger partial charge in [0.15, 0.2) is 11.5 Å². The molecule has 2 aromatic rings. The maximum atomic E-state index is 5.78. The van der Waals surface area contributed by atoms with Crippen molar-refractivity contribution in [3.05, 3.63) is 47.2 Å². The fourth-order valence-corrected chi connectivity index (χ4v) is 1.84. The van der Waals surface area contributed by atoms with Gasteiger partial charge in [-0.3, -0.25) is 0 Å². The lowest BCUT2D eigenvalue weighted by Gasteiger charge is -2.06. The molecule has 92 valence electrons. The highest BCUT2D eigenvalue weighted by molar-refractivity contribution is 6.29. The molecule has 0 amide bonds. The molecule has 2 heterocycles. The number of halogens is 1. The van der Waals surface area contributed by atoms with Crippen molar-refractivity contribution in [1.29, 1.82) is 0 Å². The van der Waals surface area contributed by atoms with Crippen LogP contribution in [-0.2, 0) is 6.61 Å². The third-order valence-electron chi connectivity index (χ3n) is 2.54. The van der Waals surface area contributed by atoms with E-state index in [0.717, 1.165) is 17.1 Å². The highest BCUT2D eigenvalue weighted by Gasteiger charge is 2.13. The van der Waals surface area contributed by atoms with Gasteiger partial charge in [-0.1, -0.05) is 17.7 Å². The van der Waals surface area contributed by atoms with Crippen molar-refractivity contribution in [3.8, 4) is 17.2 Å². The Labute approximate surface area is 109 Å². The maximum absolute atomic E-state index is 5.78. The zero-order valence-corrected chi connectivity index (χ0v) is 10.2. The van der Waals surface area contributed by atoms with Crippen molar-refractivity contribution in [2.45, 2.75) is 6.61 Å². The second-order valence-corrected chi connectivity index (χ2v) is 4.18. The third-order valence-corrected chi connectivity index (χ3v) is 2.75. The lowest BCUT2D eigenvalue weighted by molar-refractivity contribution is 0.174. The van der Waals surface area contributed by atoms with Gasteiger partial charge in [-0.15, -0.1) is 0 Å². The van der Waals surface area contributed by atoms with Gasteiger partial charge >= 0.3 is 0 Å². The topological polar surface area (TPSA) is 40.6 Å². The van der Waals surface area contributed by atoms with Gasteiger partial charge in [0, 0.05) is 12.3 Å². The van der Waals surface area contributed by atoms with Crippen LogP contribution in [0, 0.1) is 0 Å². The quantitative estimate of drug-likeness (QED) is 0.798. The van der Waals surface area contributed by atoms with Crippen LogP contribution in [0.25, 0.3) is 0 Å². The second-order valence-electron chi connectivity index (χ2n) is 3.79. The van der Waals surface area contributed by atoms with E-state index in [1.807, 2.05) is 18.2 Å². The predicted molar refractivity (Wildman–Crippen MR) is 66.1 cm³/mol. The van der Waals surface area contributed by atoms with E-state index in [1.54, 1.807) is 18.3 Å². The van der Waals surface area contributed by atoms with E-state index in [1.165, 1.54) is 0 Å². The van der Waals surface area contributed by atoms with E-state index < -0.39 is 0 Å². The van der Waals surface area contributed by atoms with Gasteiger partial charge in [0.1, 0.15) is 17.5 Å². The molecule has 0 aliphatic carbocycles. The van der Waals surface area contributed by atoms with Crippen LogP contribution in [0.5, 0.6) is 17.2 Å². The molecule has 0 bridgehead atoms. The van der Waals surface area contributed by atoms with E-state index >= 15 is 0 Å². The molecule has 0 N–H and O–H groups in total. The van der Waals surface area contributed by atoms with Crippen LogP contribution in [0.3, 0.4) is 0 Å². The summed E-state index contributed by atoms with van der Waals surface area (Å²) in [6.45, 7) is 0.719. The molecule has 0 saturated heterocycles. The molecule has 0 saturated carbocycles. The third kappa shape index (κ3) is 2.33. The first kappa shape index (κ1) is 11.2. The van der Waals surface area contributed by atoms with Gasteiger partial charge in [-0.05, 0) is 23.8 Å². The van der Waals surface area contributed by atoms with Crippen molar-refractivity contribution in [1.82, 2.24) is 4.98 Å². The largest absolute Gasteiger partial charge is 0.489 e. The van der Waals surface area contributed by atoms with Crippen LogP contribution in [0.15, 0.2) is 36.5 Å². The number of rotatable bonds is 3. The minimum Gasteiger partial charge on any atom is -0.489 e. The number of fused-ring (bicyclic) bond motifs is 1. The zero-order chi connectivity index (χ0) is 12.4. The summed E-state index contributed by atoms with van der Waals surface area (Å²) in [5.74, 6) is 2.21. The van der Waals surface area contributed by atoms with Crippen molar-refractivity contribution < 1.29 is 14.2 Å². The molecule has 0 spiro atoms. The molecule has 5 heteroatoms. The van der Waals surface area contributed by atoms with Crippen LogP contribution in [0.1, 0.15) is 5.56 Å². The number of hydrogen-bond acceptors (Lipinski definition) is 4.